The van der Waals surface area contributed by atoms with Gasteiger partial charge >= 0.3 is 18.2 Å². The first-order valence-electron chi connectivity index (χ1n) is 12.0. The summed E-state index contributed by atoms with van der Waals surface area (Å²) < 4.78 is 44.0. The number of rotatable bonds is 5. The number of aromatic nitrogens is 1. The number of aliphatic carboxylic acids is 1. The number of carboxylic acid groups (broad SMARTS) is 1. The zero-order valence-corrected chi connectivity index (χ0v) is 22.5. The molecule has 0 atom stereocenters. The van der Waals surface area contributed by atoms with Crippen molar-refractivity contribution in [3.63, 3.8) is 0 Å². The maximum atomic E-state index is 12.7. The van der Waals surface area contributed by atoms with Crippen LogP contribution in [0, 0.1) is 0 Å². The van der Waals surface area contributed by atoms with E-state index in [1.54, 1.807) is 0 Å². The van der Waals surface area contributed by atoms with Crippen LogP contribution in [-0.4, -0.2) is 64.4 Å². The monoisotopic (exact) mass is 620 g/mol. The van der Waals surface area contributed by atoms with E-state index in [1.807, 2.05) is 65.6 Å². The molecule has 9 nitrogen and oxygen atoms in total. The van der Waals surface area contributed by atoms with Crippen molar-refractivity contribution in [1.82, 2.24) is 15.0 Å². The summed E-state index contributed by atoms with van der Waals surface area (Å²) in [5.41, 5.74) is 1.83. The van der Waals surface area contributed by atoms with Gasteiger partial charge in [0, 0.05) is 37.2 Å². The van der Waals surface area contributed by atoms with Crippen LogP contribution in [0.25, 0.3) is 11.0 Å². The van der Waals surface area contributed by atoms with E-state index >= 15 is 0 Å². The van der Waals surface area contributed by atoms with Gasteiger partial charge in [0.2, 0.25) is 0 Å². The Hall–Kier alpha value is -4.10. The van der Waals surface area contributed by atoms with E-state index in [9.17, 15) is 18.0 Å². The average Bonchev–Trinajstić information content (AvgIpc) is 3.32. The molecular formula is C27H24BrF3N4O5. The molecule has 2 amide bonds. The number of nitrogens with zero attached hydrogens (tertiary/aromatic N) is 3. The molecule has 40 heavy (non-hydrogen) atoms. The number of amides is 2. The number of carbonyl (C=O) groups excluding carboxylic acids is 1. The number of fused-ring (bicyclic) bond motifs is 1. The van der Waals surface area contributed by atoms with Crippen molar-refractivity contribution in [1.29, 1.82) is 0 Å². The summed E-state index contributed by atoms with van der Waals surface area (Å²) in [7, 11) is 0. The summed E-state index contributed by atoms with van der Waals surface area (Å²) in [6, 6.07) is 23.3. The normalized spacial score (nSPS) is 13.8. The minimum Gasteiger partial charge on any atom is -0.475 e. The highest BCUT2D eigenvalue weighted by Gasteiger charge is 2.38. The zero-order chi connectivity index (χ0) is 28.7. The Labute approximate surface area is 235 Å². The van der Waals surface area contributed by atoms with Gasteiger partial charge in [0.15, 0.2) is 11.4 Å². The van der Waals surface area contributed by atoms with Crippen molar-refractivity contribution in [3.05, 3.63) is 82.8 Å². The number of ether oxygens (including phenoxy) is 1. The van der Waals surface area contributed by atoms with Gasteiger partial charge in [-0.05, 0) is 48.0 Å². The fraction of sp³-hybridized carbons (Fsp3) is 0.222. The molecule has 0 aliphatic carbocycles. The lowest BCUT2D eigenvalue weighted by atomic mass is 10.2. The van der Waals surface area contributed by atoms with Crippen molar-refractivity contribution >= 4 is 44.7 Å². The Morgan fingerprint density at radius 3 is 2.30 bits per heavy atom. The van der Waals surface area contributed by atoms with Crippen LogP contribution in [0.4, 0.5) is 23.8 Å². The van der Waals surface area contributed by atoms with Gasteiger partial charge in [0.25, 0.3) is 0 Å². The molecule has 0 spiro atoms. The number of halogens is 4. The van der Waals surface area contributed by atoms with Crippen LogP contribution in [0.5, 0.6) is 11.5 Å². The molecule has 1 fully saturated rings. The third-order valence-electron chi connectivity index (χ3n) is 5.84. The van der Waals surface area contributed by atoms with Gasteiger partial charge in [-0.3, -0.25) is 10.2 Å². The summed E-state index contributed by atoms with van der Waals surface area (Å²) in [6.45, 7) is 3.69. The maximum Gasteiger partial charge on any atom is 0.490 e. The molecule has 1 aliphatic rings. The first kappa shape index (κ1) is 28.9. The minimum atomic E-state index is -5.08. The number of alkyl halides is 3. The molecule has 5 rings (SSSR count). The van der Waals surface area contributed by atoms with E-state index in [2.05, 4.69) is 43.4 Å². The Balaban J connectivity index is 0.000000470. The van der Waals surface area contributed by atoms with Gasteiger partial charge in [0.1, 0.15) is 11.5 Å². The van der Waals surface area contributed by atoms with Gasteiger partial charge in [0.05, 0.1) is 5.39 Å². The molecule has 4 aromatic rings. The number of hydrogen-bond donors (Lipinski definition) is 2. The highest BCUT2D eigenvalue weighted by molar-refractivity contribution is 9.10. The molecule has 2 N–H and O–H groups in total. The summed E-state index contributed by atoms with van der Waals surface area (Å²) in [5.74, 6) is -0.697. The van der Waals surface area contributed by atoms with E-state index in [0.29, 0.717) is 24.5 Å². The second-order valence-corrected chi connectivity index (χ2v) is 9.65. The Morgan fingerprint density at radius 1 is 0.975 bits per heavy atom. The molecule has 2 heterocycles. The van der Waals surface area contributed by atoms with Crippen LogP contribution in [0.1, 0.15) is 5.56 Å². The summed E-state index contributed by atoms with van der Waals surface area (Å²) in [4.78, 5) is 25.8. The maximum absolute atomic E-state index is 12.7. The van der Waals surface area contributed by atoms with Gasteiger partial charge in [-0.25, -0.2) is 9.59 Å². The first-order chi connectivity index (χ1) is 19.1. The number of carbonyl (C=O) groups is 2. The number of anilines is 1. The van der Waals surface area contributed by atoms with Gasteiger partial charge in [-0.15, -0.1) is 0 Å². The smallest absolute Gasteiger partial charge is 0.475 e. The highest BCUT2D eigenvalue weighted by atomic mass is 79.9. The van der Waals surface area contributed by atoms with Crippen LogP contribution >= 0.6 is 15.9 Å². The van der Waals surface area contributed by atoms with Crippen molar-refractivity contribution in [2.45, 2.75) is 12.7 Å². The van der Waals surface area contributed by atoms with Crippen LogP contribution in [-0.2, 0) is 11.3 Å². The quantitative estimate of drug-likeness (QED) is 0.267. The molecular weight excluding hydrogens is 597 g/mol. The Bertz CT molecular complexity index is 1470. The number of nitrogens with one attached hydrogen (secondary N) is 1. The standard InChI is InChI=1S/C25H23BrN4O3.C2HF3O2/c26-19-6-4-8-21(16-19)32-20-7-3-5-18(15-20)17-29-11-13-30(14-12-29)25(31)27-24-22-9-1-2-10-23(22)33-28-24;3-2(4,5)1(6)7/h1-10,15-16H,11-14,17H2,(H,27,28,31);(H,6,7). The van der Waals surface area contributed by atoms with Gasteiger partial charge in [-0.2, -0.15) is 13.2 Å². The fourth-order valence-corrected chi connectivity index (χ4v) is 4.28. The molecule has 13 heteroatoms. The number of urea groups is 1. The third-order valence-corrected chi connectivity index (χ3v) is 6.33. The van der Waals surface area contributed by atoms with E-state index < -0.39 is 12.1 Å². The van der Waals surface area contributed by atoms with E-state index in [-0.39, 0.29) is 6.03 Å². The molecule has 210 valence electrons. The van der Waals surface area contributed by atoms with Crippen molar-refractivity contribution < 1.29 is 37.1 Å². The lowest BCUT2D eigenvalue weighted by Gasteiger charge is -2.34. The molecule has 0 saturated carbocycles. The van der Waals surface area contributed by atoms with Crippen LogP contribution in [0.3, 0.4) is 0 Å². The largest absolute Gasteiger partial charge is 0.490 e. The van der Waals surface area contributed by atoms with Crippen LogP contribution in [0.2, 0.25) is 0 Å². The number of hydrogen-bond acceptors (Lipinski definition) is 6. The van der Waals surface area contributed by atoms with Crippen molar-refractivity contribution in [2.24, 2.45) is 0 Å². The van der Waals surface area contributed by atoms with Crippen molar-refractivity contribution in [2.75, 3.05) is 31.5 Å². The summed E-state index contributed by atoms with van der Waals surface area (Å²) >= 11 is 3.47. The highest BCUT2D eigenvalue weighted by Crippen LogP contribution is 2.26. The zero-order valence-electron chi connectivity index (χ0n) is 20.9. The lowest BCUT2D eigenvalue weighted by Crippen LogP contribution is -2.49. The molecule has 1 saturated heterocycles. The predicted octanol–water partition coefficient (Wildman–Crippen LogP) is 6.37. The number of piperazine rings is 1. The Morgan fingerprint density at radius 2 is 1.62 bits per heavy atom. The number of para-hydroxylation sites is 1. The second-order valence-electron chi connectivity index (χ2n) is 8.73. The molecule has 1 aromatic heterocycles. The van der Waals surface area contributed by atoms with Gasteiger partial charge < -0.3 is 19.3 Å². The molecule has 1 aliphatic heterocycles. The molecule has 0 unspecified atom stereocenters. The fourth-order valence-electron chi connectivity index (χ4n) is 3.90. The minimum absolute atomic E-state index is 0.155. The van der Waals surface area contributed by atoms with E-state index in [0.717, 1.165) is 41.0 Å². The third kappa shape index (κ3) is 7.96. The van der Waals surface area contributed by atoms with Crippen LogP contribution < -0.4 is 10.1 Å². The molecule has 0 radical (unpaired) electrons. The molecule has 0 bridgehead atoms. The number of carboxylic acids is 1. The van der Waals surface area contributed by atoms with E-state index in [4.69, 9.17) is 19.2 Å². The predicted molar refractivity (Wildman–Crippen MR) is 144 cm³/mol. The molecule has 3 aromatic carbocycles. The summed E-state index contributed by atoms with van der Waals surface area (Å²) in [6.07, 6.45) is -5.08. The number of benzene rings is 3. The lowest BCUT2D eigenvalue weighted by molar-refractivity contribution is -0.192. The van der Waals surface area contributed by atoms with Crippen molar-refractivity contribution in [3.8, 4) is 11.5 Å². The second kappa shape index (κ2) is 12.8. The van der Waals surface area contributed by atoms with Crippen LogP contribution in [0.15, 0.2) is 81.8 Å². The topological polar surface area (TPSA) is 108 Å². The first-order valence-corrected chi connectivity index (χ1v) is 12.8. The average molecular weight is 621 g/mol. The summed E-state index contributed by atoms with van der Waals surface area (Å²) in [5, 5.41) is 14.8. The SMILES string of the molecule is O=C(Nc1noc2ccccc12)N1CCN(Cc2cccc(Oc3cccc(Br)c3)c2)CC1.O=C(O)C(F)(F)F. The van der Waals surface area contributed by atoms with Gasteiger partial charge in [-0.1, -0.05) is 51.4 Å². The Kier molecular flexibility index (Phi) is 9.27. The van der Waals surface area contributed by atoms with E-state index in [1.165, 1.54) is 5.56 Å².